The van der Waals surface area contributed by atoms with Gasteiger partial charge in [-0.1, -0.05) is 40.0 Å². The van der Waals surface area contributed by atoms with Crippen LogP contribution < -0.4 is 5.32 Å². The first kappa shape index (κ1) is 14.4. The first-order valence-corrected chi connectivity index (χ1v) is 8.22. The van der Waals surface area contributed by atoms with Crippen LogP contribution in [-0.2, 0) is 0 Å². The lowest BCUT2D eigenvalue weighted by Gasteiger charge is -2.47. The van der Waals surface area contributed by atoms with Crippen molar-refractivity contribution in [2.45, 2.75) is 78.2 Å². The van der Waals surface area contributed by atoms with Crippen molar-refractivity contribution in [2.75, 3.05) is 7.05 Å². The minimum atomic E-state index is 0.564. The third-order valence-electron chi connectivity index (χ3n) is 5.74. The molecule has 2 aliphatic rings. The SMILES string of the molecule is CNC(C1CC(C)CC(C)C1)C1(C)CCCCC1. The van der Waals surface area contributed by atoms with Crippen molar-refractivity contribution in [3.63, 3.8) is 0 Å². The van der Waals surface area contributed by atoms with Crippen molar-refractivity contribution >= 4 is 0 Å². The lowest BCUT2D eigenvalue weighted by Crippen LogP contribution is -2.49. The average molecular weight is 251 g/mol. The molecule has 2 rings (SSSR count). The number of hydrogen-bond acceptors (Lipinski definition) is 1. The fourth-order valence-electron chi connectivity index (χ4n) is 5.11. The van der Waals surface area contributed by atoms with Crippen LogP contribution in [0.5, 0.6) is 0 Å². The van der Waals surface area contributed by atoms with E-state index in [0.717, 1.165) is 23.8 Å². The second kappa shape index (κ2) is 5.94. The molecule has 1 N–H and O–H groups in total. The summed E-state index contributed by atoms with van der Waals surface area (Å²) in [4.78, 5) is 0. The minimum absolute atomic E-state index is 0.564. The molecule has 2 saturated carbocycles. The number of nitrogens with one attached hydrogen (secondary N) is 1. The van der Waals surface area contributed by atoms with E-state index in [9.17, 15) is 0 Å². The van der Waals surface area contributed by atoms with Crippen molar-refractivity contribution in [1.29, 1.82) is 0 Å². The molecular formula is C17H33N. The zero-order valence-electron chi connectivity index (χ0n) is 13.0. The van der Waals surface area contributed by atoms with Crippen LogP contribution in [0.2, 0.25) is 0 Å². The first-order chi connectivity index (χ1) is 8.55. The molecule has 2 fully saturated rings. The molecule has 0 aromatic heterocycles. The van der Waals surface area contributed by atoms with E-state index in [0.29, 0.717) is 5.41 Å². The van der Waals surface area contributed by atoms with Crippen LogP contribution in [0.4, 0.5) is 0 Å². The van der Waals surface area contributed by atoms with Gasteiger partial charge in [0.05, 0.1) is 0 Å². The second-order valence-electron chi connectivity index (χ2n) is 7.66. The van der Waals surface area contributed by atoms with Gasteiger partial charge in [0, 0.05) is 6.04 Å². The summed E-state index contributed by atoms with van der Waals surface area (Å²) in [6.45, 7) is 7.47. The molecule has 3 atom stereocenters. The quantitative estimate of drug-likeness (QED) is 0.772. The highest BCUT2D eigenvalue weighted by Crippen LogP contribution is 2.45. The zero-order chi connectivity index (χ0) is 13.2. The molecule has 0 bridgehead atoms. The van der Waals surface area contributed by atoms with Gasteiger partial charge in [0.1, 0.15) is 0 Å². The van der Waals surface area contributed by atoms with Crippen LogP contribution >= 0.6 is 0 Å². The largest absolute Gasteiger partial charge is 0.316 e. The Hall–Kier alpha value is -0.0400. The highest BCUT2D eigenvalue weighted by atomic mass is 14.9. The average Bonchev–Trinajstić information content (AvgIpc) is 2.29. The molecule has 0 amide bonds. The highest BCUT2D eigenvalue weighted by Gasteiger charge is 2.41. The molecule has 1 nitrogen and oxygen atoms in total. The predicted octanol–water partition coefficient (Wildman–Crippen LogP) is 4.62. The Balaban J connectivity index is 2.06. The van der Waals surface area contributed by atoms with Crippen molar-refractivity contribution in [1.82, 2.24) is 5.32 Å². The first-order valence-electron chi connectivity index (χ1n) is 8.22. The Morgan fingerprint density at radius 1 is 0.944 bits per heavy atom. The van der Waals surface area contributed by atoms with E-state index in [1.165, 1.54) is 51.4 Å². The molecular weight excluding hydrogens is 218 g/mol. The molecule has 2 aliphatic carbocycles. The number of hydrogen-bond donors (Lipinski definition) is 1. The van der Waals surface area contributed by atoms with Gasteiger partial charge in [-0.05, 0) is 62.3 Å². The summed E-state index contributed by atoms with van der Waals surface area (Å²) in [6, 6.07) is 0.753. The van der Waals surface area contributed by atoms with Crippen LogP contribution in [0.3, 0.4) is 0 Å². The fourth-order valence-corrected chi connectivity index (χ4v) is 5.11. The predicted molar refractivity (Wildman–Crippen MR) is 79.7 cm³/mol. The lowest BCUT2D eigenvalue weighted by molar-refractivity contribution is 0.0671. The molecule has 0 aromatic carbocycles. The van der Waals surface area contributed by atoms with E-state index in [1.54, 1.807) is 0 Å². The normalized spacial score (nSPS) is 38.3. The maximum atomic E-state index is 3.72. The Bertz CT molecular complexity index is 244. The van der Waals surface area contributed by atoms with Gasteiger partial charge in [0.25, 0.3) is 0 Å². The summed E-state index contributed by atoms with van der Waals surface area (Å²) < 4.78 is 0. The van der Waals surface area contributed by atoms with E-state index in [1.807, 2.05) is 0 Å². The van der Waals surface area contributed by atoms with Crippen LogP contribution in [-0.4, -0.2) is 13.1 Å². The summed E-state index contributed by atoms with van der Waals surface area (Å²) >= 11 is 0. The Morgan fingerprint density at radius 3 is 2.00 bits per heavy atom. The fraction of sp³-hybridized carbons (Fsp3) is 1.00. The van der Waals surface area contributed by atoms with E-state index in [4.69, 9.17) is 0 Å². The Kier molecular flexibility index (Phi) is 4.75. The van der Waals surface area contributed by atoms with Crippen LogP contribution in [0, 0.1) is 23.2 Å². The van der Waals surface area contributed by atoms with Gasteiger partial charge in [-0.3, -0.25) is 0 Å². The van der Waals surface area contributed by atoms with E-state index < -0.39 is 0 Å². The van der Waals surface area contributed by atoms with Gasteiger partial charge in [-0.2, -0.15) is 0 Å². The van der Waals surface area contributed by atoms with E-state index >= 15 is 0 Å². The summed E-state index contributed by atoms with van der Waals surface area (Å²) in [6.07, 6.45) is 11.6. The van der Waals surface area contributed by atoms with Crippen molar-refractivity contribution in [3.8, 4) is 0 Å². The standard InChI is InChI=1S/C17H33N/c1-13-10-14(2)12-15(11-13)16(18-4)17(3)8-6-5-7-9-17/h13-16,18H,5-12H2,1-4H3. The molecule has 0 radical (unpaired) electrons. The topological polar surface area (TPSA) is 12.0 Å². The van der Waals surface area contributed by atoms with Crippen LogP contribution in [0.25, 0.3) is 0 Å². The zero-order valence-corrected chi connectivity index (χ0v) is 13.0. The Morgan fingerprint density at radius 2 is 1.50 bits per heavy atom. The van der Waals surface area contributed by atoms with E-state index in [-0.39, 0.29) is 0 Å². The summed E-state index contributed by atoms with van der Waals surface area (Å²) in [5, 5.41) is 3.72. The maximum Gasteiger partial charge on any atom is 0.0146 e. The van der Waals surface area contributed by atoms with Gasteiger partial charge in [-0.15, -0.1) is 0 Å². The third-order valence-corrected chi connectivity index (χ3v) is 5.74. The molecule has 0 spiro atoms. The van der Waals surface area contributed by atoms with Crippen molar-refractivity contribution < 1.29 is 0 Å². The smallest absolute Gasteiger partial charge is 0.0146 e. The number of rotatable bonds is 3. The van der Waals surface area contributed by atoms with Crippen molar-refractivity contribution in [2.24, 2.45) is 23.2 Å². The summed E-state index contributed by atoms with van der Waals surface area (Å²) in [5.41, 5.74) is 0.564. The summed E-state index contributed by atoms with van der Waals surface area (Å²) in [7, 11) is 2.20. The van der Waals surface area contributed by atoms with Gasteiger partial charge in [0.15, 0.2) is 0 Å². The van der Waals surface area contributed by atoms with Crippen molar-refractivity contribution in [3.05, 3.63) is 0 Å². The molecule has 18 heavy (non-hydrogen) atoms. The maximum absolute atomic E-state index is 3.72. The molecule has 1 heteroatoms. The molecule has 0 heterocycles. The molecule has 0 aliphatic heterocycles. The van der Waals surface area contributed by atoms with E-state index in [2.05, 4.69) is 33.1 Å². The molecule has 3 unspecified atom stereocenters. The Labute approximate surface area is 114 Å². The minimum Gasteiger partial charge on any atom is -0.316 e. The molecule has 0 saturated heterocycles. The monoisotopic (exact) mass is 251 g/mol. The summed E-state index contributed by atoms with van der Waals surface area (Å²) in [5.74, 6) is 2.78. The second-order valence-corrected chi connectivity index (χ2v) is 7.66. The van der Waals surface area contributed by atoms with Gasteiger partial charge < -0.3 is 5.32 Å². The van der Waals surface area contributed by atoms with Crippen LogP contribution in [0.15, 0.2) is 0 Å². The molecule has 0 aromatic rings. The van der Waals surface area contributed by atoms with Gasteiger partial charge >= 0.3 is 0 Å². The van der Waals surface area contributed by atoms with Gasteiger partial charge in [0.2, 0.25) is 0 Å². The van der Waals surface area contributed by atoms with Crippen LogP contribution in [0.1, 0.15) is 72.1 Å². The lowest BCUT2D eigenvalue weighted by atomic mass is 9.62. The highest BCUT2D eigenvalue weighted by molar-refractivity contribution is 4.95. The molecule has 106 valence electrons. The van der Waals surface area contributed by atoms with Gasteiger partial charge in [-0.25, -0.2) is 0 Å². The third kappa shape index (κ3) is 3.10.